The van der Waals surface area contributed by atoms with Crippen molar-refractivity contribution in [2.45, 2.75) is 33.7 Å². The zero-order valence-corrected chi connectivity index (χ0v) is 10.7. The highest BCUT2D eigenvalue weighted by molar-refractivity contribution is 5.39. The summed E-state index contributed by atoms with van der Waals surface area (Å²) in [6.45, 7) is 8.09. The molecule has 0 aliphatic rings. The smallest absolute Gasteiger partial charge is 0.158 e. The Balaban J connectivity index is 2.64. The molecule has 0 bridgehead atoms. The van der Waals surface area contributed by atoms with E-state index in [9.17, 15) is 0 Å². The normalized spacial score (nSPS) is 12.8. The lowest BCUT2D eigenvalue weighted by Gasteiger charge is -2.12. The van der Waals surface area contributed by atoms with Gasteiger partial charge in [0.1, 0.15) is 0 Å². The first-order valence-electron chi connectivity index (χ1n) is 5.76. The Kier molecular flexibility index (Phi) is 2.98. The first-order chi connectivity index (χ1) is 8.02. The number of pyridine rings is 1. The van der Waals surface area contributed by atoms with Gasteiger partial charge in [0.15, 0.2) is 5.82 Å². The van der Waals surface area contributed by atoms with Crippen LogP contribution in [0, 0.1) is 20.8 Å². The fourth-order valence-electron chi connectivity index (χ4n) is 1.87. The van der Waals surface area contributed by atoms with E-state index in [-0.39, 0.29) is 6.04 Å². The molecule has 1 atom stereocenters. The molecule has 0 aromatic carbocycles. The monoisotopic (exact) mass is 230 g/mol. The molecule has 0 saturated heterocycles. The van der Waals surface area contributed by atoms with Crippen molar-refractivity contribution in [3.63, 3.8) is 0 Å². The fraction of sp³-hybridized carbons (Fsp3) is 0.385. The van der Waals surface area contributed by atoms with E-state index >= 15 is 0 Å². The fourth-order valence-corrected chi connectivity index (χ4v) is 1.87. The van der Waals surface area contributed by atoms with Gasteiger partial charge in [-0.1, -0.05) is 6.07 Å². The zero-order valence-electron chi connectivity index (χ0n) is 10.7. The number of aryl methyl sites for hydroxylation is 1. The Morgan fingerprint density at radius 1 is 1.29 bits per heavy atom. The Morgan fingerprint density at radius 2 is 2.00 bits per heavy atom. The van der Waals surface area contributed by atoms with Gasteiger partial charge in [0, 0.05) is 23.5 Å². The van der Waals surface area contributed by atoms with Crippen LogP contribution in [0.4, 0.5) is 0 Å². The molecule has 2 heterocycles. The summed E-state index contributed by atoms with van der Waals surface area (Å²) in [6, 6.07) is 3.85. The summed E-state index contributed by atoms with van der Waals surface area (Å²) in [4.78, 5) is 4.41. The average molecular weight is 230 g/mol. The Morgan fingerprint density at radius 3 is 2.53 bits per heavy atom. The number of hydrogen-bond acceptors (Lipinski definition) is 3. The van der Waals surface area contributed by atoms with Crippen LogP contribution in [-0.2, 0) is 0 Å². The largest absolute Gasteiger partial charge is 0.324 e. The van der Waals surface area contributed by atoms with Gasteiger partial charge in [-0.3, -0.25) is 0 Å². The van der Waals surface area contributed by atoms with E-state index in [2.05, 4.69) is 23.9 Å². The van der Waals surface area contributed by atoms with Crippen LogP contribution < -0.4 is 5.73 Å². The molecule has 4 nitrogen and oxygen atoms in total. The summed E-state index contributed by atoms with van der Waals surface area (Å²) in [6.07, 6.45) is 1.77. The second kappa shape index (κ2) is 4.30. The van der Waals surface area contributed by atoms with Crippen LogP contribution in [-0.4, -0.2) is 14.8 Å². The summed E-state index contributed by atoms with van der Waals surface area (Å²) in [5.41, 5.74) is 10.3. The molecular formula is C13H18N4. The van der Waals surface area contributed by atoms with E-state index in [1.807, 2.05) is 30.7 Å². The van der Waals surface area contributed by atoms with Crippen LogP contribution in [0.1, 0.15) is 35.5 Å². The molecule has 1 unspecified atom stereocenters. The van der Waals surface area contributed by atoms with Crippen LogP contribution in [0.25, 0.3) is 5.82 Å². The predicted molar refractivity (Wildman–Crippen MR) is 68.2 cm³/mol. The van der Waals surface area contributed by atoms with Crippen molar-refractivity contribution in [3.05, 3.63) is 40.8 Å². The number of nitrogens with zero attached hydrogens (tertiary/aromatic N) is 3. The van der Waals surface area contributed by atoms with Crippen molar-refractivity contribution in [2.24, 2.45) is 5.73 Å². The third-order valence-electron chi connectivity index (χ3n) is 3.16. The molecule has 2 rings (SSSR count). The van der Waals surface area contributed by atoms with E-state index in [1.165, 1.54) is 5.56 Å². The molecule has 17 heavy (non-hydrogen) atoms. The second-order valence-electron chi connectivity index (χ2n) is 4.41. The summed E-state index contributed by atoms with van der Waals surface area (Å²) in [5, 5.41) is 4.52. The minimum atomic E-state index is -0.0529. The minimum Gasteiger partial charge on any atom is -0.324 e. The van der Waals surface area contributed by atoms with Gasteiger partial charge in [-0.05, 0) is 39.3 Å². The Bertz CT molecular complexity index is 540. The predicted octanol–water partition coefficient (Wildman–Crippen LogP) is 2.21. The lowest BCUT2D eigenvalue weighted by molar-refractivity contribution is 0.745. The van der Waals surface area contributed by atoms with Gasteiger partial charge in [-0.2, -0.15) is 5.10 Å². The van der Waals surface area contributed by atoms with Gasteiger partial charge in [0.25, 0.3) is 0 Å². The van der Waals surface area contributed by atoms with Crippen LogP contribution in [0.3, 0.4) is 0 Å². The average Bonchev–Trinajstić information content (AvgIpc) is 2.57. The lowest BCUT2D eigenvalue weighted by Crippen LogP contribution is -2.12. The van der Waals surface area contributed by atoms with Crippen molar-refractivity contribution in [2.75, 3.05) is 0 Å². The lowest BCUT2D eigenvalue weighted by atomic mass is 10.1. The third kappa shape index (κ3) is 1.96. The Labute approximate surface area is 101 Å². The van der Waals surface area contributed by atoms with Crippen LogP contribution in [0.15, 0.2) is 18.3 Å². The highest BCUT2D eigenvalue weighted by atomic mass is 15.3. The van der Waals surface area contributed by atoms with E-state index in [1.54, 1.807) is 6.20 Å². The summed E-state index contributed by atoms with van der Waals surface area (Å²) < 4.78 is 1.88. The van der Waals surface area contributed by atoms with Crippen molar-refractivity contribution in [3.8, 4) is 5.82 Å². The molecule has 2 N–H and O–H groups in total. The maximum atomic E-state index is 5.97. The van der Waals surface area contributed by atoms with Gasteiger partial charge >= 0.3 is 0 Å². The van der Waals surface area contributed by atoms with Crippen molar-refractivity contribution < 1.29 is 0 Å². The minimum absolute atomic E-state index is 0.0529. The van der Waals surface area contributed by atoms with Crippen LogP contribution in [0.5, 0.6) is 0 Å². The standard InChI is InChI=1S/C13H18N4/c1-8-10(3)16-17(11(8)4)13-12(9(2)14)6-5-7-15-13/h5-7,9H,14H2,1-4H3. The van der Waals surface area contributed by atoms with E-state index in [0.29, 0.717) is 0 Å². The van der Waals surface area contributed by atoms with Gasteiger partial charge in [-0.25, -0.2) is 9.67 Å². The number of aromatic nitrogens is 3. The van der Waals surface area contributed by atoms with Crippen molar-refractivity contribution >= 4 is 0 Å². The molecule has 4 heteroatoms. The zero-order chi connectivity index (χ0) is 12.6. The maximum absolute atomic E-state index is 5.97. The van der Waals surface area contributed by atoms with E-state index in [4.69, 9.17) is 5.73 Å². The molecule has 0 aliphatic heterocycles. The van der Waals surface area contributed by atoms with Crippen molar-refractivity contribution in [1.82, 2.24) is 14.8 Å². The summed E-state index contributed by atoms with van der Waals surface area (Å²) >= 11 is 0. The molecule has 0 aliphatic carbocycles. The molecule has 0 radical (unpaired) electrons. The molecule has 2 aromatic rings. The topological polar surface area (TPSA) is 56.7 Å². The van der Waals surface area contributed by atoms with Gasteiger partial charge in [0.2, 0.25) is 0 Å². The summed E-state index contributed by atoms with van der Waals surface area (Å²) in [5.74, 6) is 0.830. The molecule has 0 saturated carbocycles. The van der Waals surface area contributed by atoms with Gasteiger partial charge < -0.3 is 5.73 Å². The molecule has 0 spiro atoms. The molecule has 0 amide bonds. The number of nitrogens with two attached hydrogens (primary N) is 1. The van der Waals surface area contributed by atoms with Crippen LogP contribution in [0.2, 0.25) is 0 Å². The molecule has 2 aromatic heterocycles. The first-order valence-corrected chi connectivity index (χ1v) is 5.76. The van der Waals surface area contributed by atoms with E-state index < -0.39 is 0 Å². The SMILES string of the molecule is Cc1nn(-c2ncccc2C(C)N)c(C)c1C. The third-order valence-corrected chi connectivity index (χ3v) is 3.16. The first kappa shape index (κ1) is 11.8. The number of rotatable bonds is 2. The quantitative estimate of drug-likeness (QED) is 0.860. The molecule has 90 valence electrons. The highest BCUT2D eigenvalue weighted by Crippen LogP contribution is 2.21. The number of hydrogen-bond donors (Lipinski definition) is 1. The van der Waals surface area contributed by atoms with E-state index in [0.717, 1.165) is 22.8 Å². The van der Waals surface area contributed by atoms with Crippen LogP contribution >= 0.6 is 0 Å². The van der Waals surface area contributed by atoms with Gasteiger partial charge in [0.05, 0.1) is 5.69 Å². The van der Waals surface area contributed by atoms with Gasteiger partial charge in [-0.15, -0.1) is 0 Å². The summed E-state index contributed by atoms with van der Waals surface area (Å²) in [7, 11) is 0. The molecule has 0 fully saturated rings. The highest BCUT2D eigenvalue weighted by Gasteiger charge is 2.14. The maximum Gasteiger partial charge on any atom is 0.158 e. The molecular weight excluding hydrogens is 212 g/mol. The Hall–Kier alpha value is -1.68. The second-order valence-corrected chi connectivity index (χ2v) is 4.41. The van der Waals surface area contributed by atoms with Crippen molar-refractivity contribution in [1.29, 1.82) is 0 Å².